The maximum atomic E-state index is 12.4. The average Bonchev–Trinajstić information content (AvgIpc) is 3.28. The third-order valence-electron chi connectivity index (χ3n) is 6.54. The molecule has 3 aromatic carbocycles. The molecule has 4 rings (SSSR count). The quantitative estimate of drug-likeness (QED) is 0.217. The van der Waals surface area contributed by atoms with Crippen molar-refractivity contribution in [2.45, 2.75) is 52.0 Å². The van der Waals surface area contributed by atoms with Gasteiger partial charge in [0.15, 0.2) is 0 Å². The molecular weight excluding hydrogens is 462 g/mol. The van der Waals surface area contributed by atoms with E-state index in [-0.39, 0.29) is 5.91 Å². The Hall–Kier alpha value is -3.80. The van der Waals surface area contributed by atoms with Crippen molar-refractivity contribution in [1.82, 2.24) is 14.9 Å². The lowest BCUT2D eigenvalue weighted by Gasteiger charge is -2.15. The first-order valence-corrected chi connectivity index (χ1v) is 13.1. The second-order valence-electron chi connectivity index (χ2n) is 9.51. The number of ether oxygens (including phenoxy) is 2. The minimum atomic E-state index is -0.0697. The molecule has 194 valence electrons. The molecule has 1 heterocycles. The number of nitrogens with zero attached hydrogens (tertiary/aromatic N) is 2. The van der Waals surface area contributed by atoms with Crippen LogP contribution in [0.4, 0.5) is 0 Å². The summed E-state index contributed by atoms with van der Waals surface area (Å²) in [7, 11) is 1.60. The third kappa shape index (κ3) is 6.91. The number of hydrogen-bond donors (Lipinski definition) is 1. The molecule has 0 aliphatic carbocycles. The average molecular weight is 500 g/mol. The van der Waals surface area contributed by atoms with Crippen LogP contribution >= 0.6 is 0 Å². The highest BCUT2D eigenvalue weighted by Crippen LogP contribution is 2.26. The zero-order valence-corrected chi connectivity index (χ0v) is 22.1. The number of aryl methyl sites for hydroxylation is 1. The number of unbranched alkanes of at least 4 members (excludes halogenated alkanes) is 2. The molecule has 1 amide bonds. The van der Waals surface area contributed by atoms with Gasteiger partial charge in [0.2, 0.25) is 0 Å². The molecule has 0 aliphatic rings. The number of para-hydroxylation sites is 3. The summed E-state index contributed by atoms with van der Waals surface area (Å²) in [6.45, 7) is 6.36. The SMILES string of the molecule is COc1cccc(C(=O)NCCCCCc2nc3ccccc3n2CCOc2ccccc2C(C)C)c1. The molecule has 0 radical (unpaired) electrons. The van der Waals surface area contributed by atoms with Crippen LogP contribution in [-0.2, 0) is 13.0 Å². The molecule has 0 spiro atoms. The standard InChI is InChI=1S/C31H37N3O3/c1-23(2)26-14-6-9-17-29(26)37-21-20-34-28-16-8-7-15-27(28)33-30(34)18-5-4-10-19-32-31(35)24-12-11-13-25(22-24)36-3/h6-9,11-17,22-23H,4-5,10,18-21H2,1-3H3,(H,32,35). The first-order chi connectivity index (χ1) is 18.1. The number of amides is 1. The molecule has 1 aromatic heterocycles. The van der Waals surface area contributed by atoms with Gasteiger partial charge < -0.3 is 19.4 Å². The van der Waals surface area contributed by atoms with Crippen molar-refractivity contribution in [2.75, 3.05) is 20.3 Å². The molecule has 0 saturated heterocycles. The smallest absolute Gasteiger partial charge is 0.251 e. The van der Waals surface area contributed by atoms with Gasteiger partial charge in [0.25, 0.3) is 5.91 Å². The van der Waals surface area contributed by atoms with Crippen LogP contribution in [0.15, 0.2) is 72.8 Å². The van der Waals surface area contributed by atoms with Crippen LogP contribution in [0.1, 0.15) is 60.8 Å². The second-order valence-corrected chi connectivity index (χ2v) is 9.51. The first kappa shape index (κ1) is 26.3. The summed E-state index contributed by atoms with van der Waals surface area (Å²) in [4.78, 5) is 17.3. The number of benzene rings is 3. The molecule has 0 saturated carbocycles. The number of carbonyl (C=O) groups is 1. The van der Waals surface area contributed by atoms with E-state index in [1.165, 1.54) is 5.56 Å². The fraction of sp³-hybridized carbons (Fsp3) is 0.355. The van der Waals surface area contributed by atoms with Crippen molar-refractivity contribution in [3.05, 3.63) is 89.7 Å². The van der Waals surface area contributed by atoms with E-state index in [9.17, 15) is 4.79 Å². The van der Waals surface area contributed by atoms with Crippen LogP contribution < -0.4 is 14.8 Å². The molecule has 6 heteroatoms. The van der Waals surface area contributed by atoms with E-state index in [1.54, 1.807) is 19.2 Å². The minimum Gasteiger partial charge on any atom is -0.497 e. The van der Waals surface area contributed by atoms with Gasteiger partial charge in [0.05, 0.1) is 24.7 Å². The van der Waals surface area contributed by atoms with Gasteiger partial charge in [0.1, 0.15) is 23.9 Å². The van der Waals surface area contributed by atoms with Gasteiger partial charge in [-0.1, -0.05) is 56.7 Å². The highest BCUT2D eigenvalue weighted by atomic mass is 16.5. The fourth-order valence-electron chi connectivity index (χ4n) is 4.55. The Morgan fingerprint density at radius 3 is 2.62 bits per heavy atom. The summed E-state index contributed by atoms with van der Waals surface area (Å²) in [6.07, 6.45) is 3.83. The number of rotatable bonds is 13. The van der Waals surface area contributed by atoms with Crippen LogP contribution in [0.5, 0.6) is 11.5 Å². The van der Waals surface area contributed by atoms with E-state index < -0.39 is 0 Å². The topological polar surface area (TPSA) is 65.4 Å². The molecule has 37 heavy (non-hydrogen) atoms. The zero-order chi connectivity index (χ0) is 26.0. The Morgan fingerprint density at radius 1 is 0.973 bits per heavy atom. The first-order valence-electron chi connectivity index (χ1n) is 13.1. The van der Waals surface area contributed by atoms with Crippen LogP contribution in [0.25, 0.3) is 11.0 Å². The number of fused-ring (bicyclic) bond motifs is 1. The van der Waals surface area contributed by atoms with E-state index in [2.05, 4.69) is 60.1 Å². The number of nitrogens with one attached hydrogen (secondary N) is 1. The zero-order valence-electron chi connectivity index (χ0n) is 22.1. The maximum Gasteiger partial charge on any atom is 0.251 e. The van der Waals surface area contributed by atoms with Crippen LogP contribution in [0, 0.1) is 0 Å². The van der Waals surface area contributed by atoms with Gasteiger partial charge in [-0.25, -0.2) is 4.98 Å². The second kappa shape index (κ2) is 12.9. The van der Waals surface area contributed by atoms with Gasteiger partial charge in [-0.2, -0.15) is 0 Å². The summed E-state index contributed by atoms with van der Waals surface area (Å²) in [6, 6.07) is 23.8. The molecule has 0 atom stereocenters. The van der Waals surface area contributed by atoms with E-state index in [4.69, 9.17) is 14.5 Å². The molecule has 4 aromatic rings. The van der Waals surface area contributed by atoms with Crippen molar-refractivity contribution in [2.24, 2.45) is 0 Å². The Bertz CT molecular complexity index is 1310. The van der Waals surface area contributed by atoms with Gasteiger partial charge in [-0.05, 0) is 60.7 Å². The highest BCUT2D eigenvalue weighted by molar-refractivity contribution is 5.94. The molecule has 0 bridgehead atoms. The monoisotopic (exact) mass is 499 g/mol. The summed E-state index contributed by atoms with van der Waals surface area (Å²) in [5.41, 5.74) is 4.01. The highest BCUT2D eigenvalue weighted by Gasteiger charge is 2.12. The molecular formula is C31H37N3O3. The lowest BCUT2D eigenvalue weighted by atomic mass is 10.0. The molecule has 6 nitrogen and oxygen atoms in total. The summed E-state index contributed by atoms with van der Waals surface area (Å²) >= 11 is 0. The maximum absolute atomic E-state index is 12.4. The van der Waals surface area contributed by atoms with Gasteiger partial charge in [0, 0.05) is 18.5 Å². The fourth-order valence-corrected chi connectivity index (χ4v) is 4.55. The number of methoxy groups -OCH3 is 1. The largest absolute Gasteiger partial charge is 0.497 e. The van der Waals surface area contributed by atoms with Gasteiger partial charge in [-0.3, -0.25) is 4.79 Å². The van der Waals surface area contributed by atoms with E-state index in [0.717, 1.165) is 54.8 Å². The Balaban J connectivity index is 1.29. The van der Waals surface area contributed by atoms with E-state index in [1.807, 2.05) is 24.3 Å². The number of hydrogen-bond acceptors (Lipinski definition) is 4. The number of imidazole rings is 1. The summed E-state index contributed by atoms with van der Waals surface area (Å²) in [5.74, 6) is 3.08. The van der Waals surface area contributed by atoms with Crippen molar-refractivity contribution in [3.8, 4) is 11.5 Å². The molecule has 1 N–H and O–H groups in total. The normalized spacial score (nSPS) is 11.1. The minimum absolute atomic E-state index is 0.0697. The van der Waals surface area contributed by atoms with E-state index >= 15 is 0 Å². The lowest BCUT2D eigenvalue weighted by Crippen LogP contribution is -2.24. The molecule has 0 fully saturated rings. The lowest BCUT2D eigenvalue weighted by molar-refractivity contribution is 0.0952. The predicted octanol–water partition coefficient (Wildman–Crippen LogP) is 6.39. The van der Waals surface area contributed by atoms with Crippen molar-refractivity contribution in [1.29, 1.82) is 0 Å². The van der Waals surface area contributed by atoms with Crippen molar-refractivity contribution >= 4 is 16.9 Å². The summed E-state index contributed by atoms with van der Waals surface area (Å²) in [5, 5.41) is 3.01. The Kier molecular flexibility index (Phi) is 9.19. The summed E-state index contributed by atoms with van der Waals surface area (Å²) < 4.78 is 13.7. The van der Waals surface area contributed by atoms with E-state index in [0.29, 0.717) is 30.4 Å². The van der Waals surface area contributed by atoms with Gasteiger partial charge >= 0.3 is 0 Å². The van der Waals surface area contributed by atoms with Crippen LogP contribution in [0.3, 0.4) is 0 Å². The molecule has 0 unspecified atom stereocenters. The van der Waals surface area contributed by atoms with Crippen molar-refractivity contribution in [3.63, 3.8) is 0 Å². The van der Waals surface area contributed by atoms with Crippen LogP contribution in [0.2, 0.25) is 0 Å². The Labute approximate surface area is 219 Å². The third-order valence-corrected chi connectivity index (χ3v) is 6.54. The number of aromatic nitrogens is 2. The predicted molar refractivity (Wildman–Crippen MR) is 149 cm³/mol. The Morgan fingerprint density at radius 2 is 1.78 bits per heavy atom. The number of carbonyl (C=O) groups excluding carboxylic acids is 1. The van der Waals surface area contributed by atoms with Crippen molar-refractivity contribution < 1.29 is 14.3 Å². The van der Waals surface area contributed by atoms with Crippen LogP contribution in [-0.4, -0.2) is 35.7 Å². The van der Waals surface area contributed by atoms with Gasteiger partial charge in [-0.15, -0.1) is 0 Å². The molecule has 0 aliphatic heterocycles.